The Morgan fingerprint density at radius 1 is 1.06 bits per heavy atom. The monoisotopic (exact) mass is 421 g/mol. The first-order chi connectivity index (χ1) is 15.0. The molecule has 6 nitrogen and oxygen atoms in total. The average molecular weight is 422 g/mol. The Labute approximate surface area is 183 Å². The van der Waals surface area contributed by atoms with Crippen LogP contribution in [-0.4, -0.2) is 58.6 Å². The van der Waals surface area contributed by atoms with E-state index in [1.807, 2.05) is 60.5 Å². The van der Waals surface area contributed by atoms with E-state index in [4.69, 9.17) is 0 Å². The van der Waals surface area contributed by atoms with Gasteiger partial charge in [-0.3, -0.25) is 14.6 Å². The number of amides is 3. The van der Waals surface area contributed by atoms with Crippen LogP contribution in [0.2, 0.25) is 0 Å². The number of nitrogens with zero attached hydrogens (tertiary/aromatic N) is 2. The van der Waals surface area contributed by atoms with Crippen LogP contribution in [0.25, 0.3) is 0 Å². The molecule has 2 N–H and O–H groups in total. The van der Waals surface area contributed by atoms with Crippen molar-refractivity contribution in [2.45, 2.75) is 49.8 Å². The zero-order valence-electron chi connectivity index (χ0n) is 18.0. The van der Waals surface area contributed by atoms with Crippen molar-refractivity contribution < 1.29 is 14.7 Å². The van der Waals surface area contributed by atoms with Crippen LogP contribution in [0.5, 0.6) is 0 Å². The van der Waals surface area contributed by atoms with Gasteiger partial charge in [0.1, 0.15) is 5.54 Å². The van der Waals surface area contributed by atoms with Gasteiger partial charge in [0.25, 0.3) is 5.91 Å². The summed E-state index contributed by atoms with van der Waals surface area (Å²) in [6.07, 6.45) is 2.22. The van der Waals surface area contributed by atoms with Gasteiger partial charge in [0, 0.05) is 13.1 Å². The molecule has 164 valence electrons. The zero-order chi connectivity index (χ0) is 21.8. The lowest BCUT2D eigenvalue weighted by Gasteiger charge is -2.35. The number of carbonyl (C=O) groups is 2. The van der Waals surface area contributed by atoms with Crippen LogP contribution in [0.4, 0.5) is 4.79 Å². The number of aliphatic hydroxyl groups excluding tert-OH is 1. The molecule has 2 aliphatic rings. The highest BCUT2D eigenvalue weighted by Gasteiger charge is 2.52. The highest BCUT2D eigenvalue weighted by atomic mass is 16.3. The molecule has 4 rings (SSSR count). The van der Waals surface area contributed by atoms with Gasteiger partial charge in [-0.1, -0.05) is 60.7 Å². The van der Waals surface area contributed by atoms with Crippen molar-refractivity contribution in [3.05, 3.63) is 71.8 Å². The lowest BCUT2D eigenvalue weighted by molar-refractivity contribution is -0.133. The summed E-state index contributed by atoms with van der Waals surface area (Å²) in [5.41, 5.74) is 1.64. The van der Waals surface area contributed by atoms with Crippen molar-refractivity contribution in [1.29, 1.82) is 0 Å². The predicted molar refractivity (Wildman–Crippen MR) is 119 cm³/mol. The first-order valence-electron chi connectivity index (χ1n) is 11.1. The Balaban J connectivity index is 1.32. The summed E-state index contributed by atoms with van der Waals surface area (Å²) in [4.78, 5) is 29.0. The summed E-state index contributed by atoms with van der Waals surface area (Å²) in [5.74, 6) is 0.233. The van der Waals surface area contributed by atoms with Crippen LogP contribution in [0, 0.1) is 0 Å². The van der Waals surface area contributed by atoms with Gasteiger partial charge in [0.2, 0.25) is 0 Å². The van der Waals surface area contributed by atoms with Crippen molar-refractivity contribution >= 4 is 11.9 Å². The van der Waals surface area contributed by atoms with Crippen molar-refractivity contribution in [2.75, 3.05) is 20.1 Å². The minimum absolute atomic E-state index is 0.0215. The molecule has 2 fully saturated rings. The molecule has 1 saturated carbocycles. The van der Waals surface area contributed by atoms with Gasteiger partial charge in [-0.15, -0.1) is 0 Å². The Morgan fingerprint density at radius 2 is 1.68 bits per heavy atom. The minimum atomic E-state index is -0.808. The third-order valence-electron chi connectivity index (χ3n) is 6.57. The van der Waals surface area contributed by atoms with E-state index < -0.39 is 11.6 Å². The molecule has 1 aliphatic heterocycles. The first-order valence-corrected chi connectivity index (χ1v) is 11.1. The van der Waals surface area contributed by atoms with Crippen LogP contribution >= 0.6 is 0 Å². The third kappa shape index (κ3) is 4.81. The quantitative estimate of drug-likeness (QED) is 0.674. The average Bonchev–Trinajstić information content (AvgIpc) is 2.99. The number of likely N-dealkylation sites (N-methyl/N-ethyl adjacent to an activating group) is 1. The summed E-state index contributed by atoms with van der Waals surface area (Å²) in [5, 5.41) is 13.5. The summed E-state index contributed by atoms with van der Waals surface area (Å²) in [6.45, 7) is 1.10. The number of hydrogen-bond donors (Lipinski definition) is 2. The fraction of sp³-hybridized carbons (Fsp3) is 0.440. The molecule has 31 heavy (non-hydrogen) atoms. The standard InChI is InChI=1S/C25H31N3O3/c1-27(16-19-8-4-2-5-9-19)17-22(29)18-28-23(30)25(26-24(28)31)14-12-21(13-15-25)20-10-6-3-7-11-20/h2-11,21-22,29H,12-18H2,1H3,(H,26,31). The van der Waals surface area contributed by atoms with Crippen molar-refractivity contribution in [1.82, 2.24) is 15.1 Å². The molecule has 1 atom stereocenters. The molecule has 1 spiro atoms. The second-order valence-electron chi connectivity index (χ2n) is 8.95. The number of nitrogens with one attached hydrogen (secondary N) is 1. The predicted octanol–water partition coefficient (Wildman–Crippen LogP) is 3.13. The lowest BCUT2D eigenvalue weighted by atomic mass is 9.74. The van der Waals surface area contributed by atoms with E-state index in [1.165, 1.54) is 10.5 Å². The molecule has 1 saturated heterocycles. The lowest BCUT2D eigenvalue weighted by Crippen LogP contribution is -2.50. The number of benzene rings is 2. The van der Waals surface area contributed by atoms with E-state index >= 15 is 0 Å². The van der Waals surface area contributed by atoms with E-state index in [1.54, 1.807) is 0 Å². The maximum Gasteiger partial charge on any atom is 0.325 e. The molecule has 2 aromatic carbocycles. The van der Waals surface area contributed by atoms with Gasteiger partial charge in [-0.2, -0.15) is 0 Å². The van der Waals surface area contributed by atoms with E-state index in [-0.39, 0.29) is 18.5 Å². The SMILES string of the molecule is CN(Cc1ccccc1)CC(O)CN1C(=O)NC2(CCC(c3ccccc3)CC2)C1=O. The largest absolute Gasteiger partial charge is 0.390 e. The van der Waals surface area contributed by atoms with Crippen LogP contribution < -0.4 is 5.32 Å². The van der Waals surface area contributed by atoms with E-state index in [0.717, 1.165) is 18.4 Å². The first kappa shape index (κ1) is 21.5. The number of imide groups is 1. The van der Waals surface area contributed by atoms with Crippen molar-refractivity contribution in [2.24, 2.45) is 0 Å². The number of rotatable bonds is 7. The van der Waals surface area contributed by atoms with Crippen LogP contribution in [0.1, 0.15) is 42.7 Å². The Bertz CT molecular complexity index is 895. The molecule has 1 aliphatic carbocycles. The number of β-amino-alcohol motifs (C(OH)–C–C–N with tert-alkyl or cyclic N) is 1. The molecule has 3 amide bonds. The van der Waals surface area contributed by atoms with Crippen LogP contribution in [-0.2, 0) is 11.3 Å². The smallest absolute Gasteiger partial charge is 0.325 e. The molecule has 1 heterocycles. The maximum absolute atomic E-state index is 13.2. The Hall–Kier alpha value is -2.70. The molecule has 6 heteroatoms. The highest BCUT2D eigenvalue weighted by Crippen LogP contribution is 2.40. The molecular formula is C25H31N3O3. The molecule has 2 aromatic rings. The second-order valence-corrected chi connectivity index (χ2v) is 8.95. The molecule has 0 bridgehead atoms. The number of hydrogen-bond acceptors (Lipinski definition) is 4. The van der Waals surface area contributed by atoms with Gasteiger partial charge >= 0.3 is 6.03 Å². The summed E-state index contributed by atoms with van der Waals surface area (Å²) in [6, 6.07) is 20.0. The zero-order valence-corrected chi connectivity index (χ0v) is 18.0. The van der Waals surface area contributed by atoms with E-state index in [2.05, 4.69) is 17.4 Å². The summed E-state index contributed by atoms with van der Waals surface area (Å²) >= 11 is 0. The number of urea groups is 1. The molecule has 0 radical (unpaired) electrons. The third-order valence-corrected chi connectivity index (χ3v) is 6.57. The molecular weight excluding hydrogens is 390 g/mol. The van der Waals surface area contributed by atoms with Crippen LogP contribution in [0.3, 0.4) is 0 Å². The van der Waals surface area contributed by atoms with E-state index in [9.17, 15) is 14.7 Å². The highest BCUT2D eigenvalue weighted by molar-refractivity contribution is 6.07. The van der Waals surface area contributed by atoms with Gasteiger partial charge in [0.05, 0.1) is 12.6 Å². The normalized spacial score (nSPS) is 24.6. The fourth-order valence-corrected chi connectivity index (χ4v) is 4.94. The van der Waals surface area contributed by atoms with Gasteiger partial charge in [0.15, 0.2) is 0 Å². The summed E-state index contributed by atoms with van der Waals surface area (Å²) in [7, 11) is 1.93. The van der Waals surface area contributed by atoms with Gasteiger partial charge < -0.3 is 10.4 Å². The Kier molecular flexibility index (Phi) is 6.39. The van der Waals surface area contributed by atoms with Crippen LogP contribution in [0.15, 0.2) is 60.7 Å². The minimum Gasteiger partial charge on any atom is -0.390 e. The maximum atomic E-state index is 13.2. The van der Waals surface area contributed by atoms with Crippen molar-refractivity contribution in [3.8, 4) is 0 Å². The molecule has 1 unspecified atom stereocenters. The Morgan fingerprint density at radius 3 is 2.32 bits per heavy atom. The topological polar surface area (TPSA) is 72.9 Å². The van der Waals surface area contributed by atoms with Crippen molar-refractivity contribution in [3.63, 3.8) is 0 Å². The van der Waals surface area contributed by atoms with Gasteiger partial charge in [-0.05, 0) is 49.8 Å². The fourth-order valence-electron chi connectivity index (χ4n) is 4.94. The second kappa shape index (κ2) is 9.20. The van der Waals surface area contributed by atoms with Gasteiger partial charge in [-0.25, -0.2) is 4.79 Å². The summed E-state index contributed by atoms with van der Waals surface area (Å²) < 4.78 is 0. The number of aliphatic hydroxyl groups is 1. The van der Waals surface area contributed by atoms with E-state index in [0.29, 0.717) is 31.8 Å². The number of carbonyl (C=O) groups excluding carboxylic acids is 2. The molecule has 0 aromatic heterocycles.